The van der Waals surface area contributed by atoms with Gasteiger partial charge in [0.1, 0.15) is 0 Å². The molecule has 9 heavy (non-hydrogen) atoms. The molecule has 52 valence electrons. The highest BCUT2D eigenvalue weighted by Gasteiger charge is 2.15. The van der Waals surface area contributed by atoms with E-state index in [1.807, 2.05) is 11.8 Å². The first-order chi connectivity index (χ1) is 4.24. The molecule has 1 heterocycles. The molecule has 0 aromatic heterocycles. The quantitative estimate of drug-likeness (QED) is 0.595. The lowest BCUT2D eigenvalue weighted by atomic mass is 10.4. The van der Waals surface area contributed by atoms with Gasteiger partial charge in [0.05, 0.1) is 11.3 Å². The zero-order chi connectivity index (χ0) is 6.85. The van der Waals surface area contributed by atoms with Crippen molar-refractivity contribution in [2.75, 3.05) is 5.88 Å². The fourth-order valence-electron chi connectivity index (χ4n) is 0.848. The molecule has 0 aliphatic carbocycles. The smallest absolute Gasteiger partial charge is 0.0735 e. The molecule has 0 saturated carbocycles. The van der Waals surface area contributed by atoms with Crippen LogP contribution in [0.4, 0.5) is 0 Å². The summed E-state index contributed by atoms with van der Waals surface area (Å²) in [6.45, 7) is 4.20. The maximum atomic E-state index is 5.65. The van der Waals surface area contributed by atoms with Crippen LogP contribution in [0.1, 0.15) is 13.8 Å². The van der Waals surface area contributed by atoms with Gasteiger partial charge in [0, 0.05) is 10.6 Å². The van der Waals surface area contributed by atoms with Gasteiger partial charge >= 0.3 is 0 Å². The van der Waals surface area contributed by atoms with Crippen LogP contribution in [0.25, 0.3) is 0 Å². The first-order valence-corrected chi connectivity index (χ1v) is 4.34. The Balaban J connectivity index is 2.58. The Kier molecular flexibility index (Phi) is 2.30. The van der Waals surface area contributed by atoms with E-state index < -0.39 is 0 Å². The van der Waals surface area contributed by atoms with E-state index in [1.54, 1.807) is 0 Å². The highest BCUT2D eigenvalue weighted by Crippen LogP contribution is 2.29. The topological polar surface area (TPSA) is 12.0 Å². The minimum atomic E-state index is 0.513. The Morgan fingerprint density at radius 2 is 2.44 bits per heavy atom. The van der Waals surface area contributed by atoms with E-state index in [0.29, 0.717) is 11.3 Å². The van der Waals surface area contributed by atoms with Gasteiger partial charge in [-0.3, -0.25) is 0 Å². The summed E-state index contributed by atoms with van der Waals surface area (Å²) >= 11 is 7.46. The van der Waals surface area contributed by atoms with Gasteiger partial charge in [-0.15, -0.1) is 23.4 Å². The molecule has 0 spiro atoms. The average Bonchev–Trinajstić information content (AvgIpc) is 2.10. The van der Waals surface area contributed by atoms with Gasteiger partial charge in [0.2, 0.25) is 0 Å². The third-order valence-corrected chi connectivity index (χ3v) is 2.91. The van der Waals surface area contributed by atoms with Crippen molar-refractivity contribution >= 4 is 23.4 Å². The predicted octanol–water partition coefficient (Wildman–Crippen LogP) is 2.14. The van der Waals surface area contributed by atoms with Crippen LogP contribution in [-0.4, -0.2) is 11.3 Å². The highest BCUT2D eigenvalue weighted by molar-refractivity contribution is 8.04. The average molecular weight is 164 g/mol. The summed E-state index contributed by atoms with van der Waals surface area (Å²) < 4.78 is 0. The van der Waals surface area contributed by atoms with Crippen molar-refractivity contribution in [2.24, 2.45) is 0 Å². The molecule has 0 amide bonds. The molecule has 0 radical (unpaired) electrons. The Bertz CT molecular complexity index is 144. The first-order valence-electron chi connectivity index (χ1n) is 2.93. The Labute approximate surface area is 64.8 Å². The summed E-state index contributed by atoms with van der Waals surface area (Å²) in [7, 11) is 0. The Morgan fingerprint density at radius 1 is 1.78 bits per heavy atom. The maximum absolute atomic E-state index is 5.65. The van der Waals surface area contributed by atoms with Gasteiger partial charge in [0.15, 0.2) is 0 Å². The zero-order valence-electron chi connectivity index (χ0n) is 5.57. The van der Waals surface area contributed by atoms with E-state index in [4.69, 9.17) is 11.6 Å². The zero-order valence-corrected chi connectivity index (χ0v) is 7.14. The van der Waals surface area contributed by atoms with E-state index in [2.05, 4.69) is 19.2 Å². The number of rotatable bonds is 1. The molecular formula is C6H10ClNS. The molecule has 0 aromatic carbocycles. The van der Waals surface area contributed by atoms with Crippen molar-refractivity contribution in [3.05, 3.63) is 10.6 Å². The van der Waals surface area contributed by atoms with Crippen molar-refractivity contribution in [3.8, 4) is 0 Å². The van der Waals surface area contributed by atoms with Crippen LogP contribution >= 0.6 is 23.4 Å². The number of hydrogen-bond donors (Lipinski definition) is 1. The van der Waals surface area contributed by atoms with Gasteiger partial charge in [-0.25, -0.2) is 0 Å². The summed E-state index contributed by atoms with van der Waals surface area (Å²) in [6.07, 6.45) is 0. The number of nitrogens with one attached hydrogen (secondary N) is 1. The lowest BCUT2D eigenvalue weighted by Gasteiger charge is -2.00. The molecule has 1 rings (SSSR count). The predicted molar refractivity (Wildman–Crippen MR) is 43.6 cm³/mol. The number of thioether (sulfide) groups is 1. The highest BCUT2D eigenvalue weighted by atomic mass is 35.5. The summed E-state index contributed by atoms with van der Waals surface area (Å²) in [6, 6.07) is 0. The number of allylic oxidation sites excluding steroid dienone is 2. The van der Waals surface area contributed by atoms with Crippen LogP contribution in [0.2, 0.25) is 0 Å². The molecule has 1 unspecified atom stereocenters. The van der Waals surface area contributed by atoms with Crippen LogP contribution in [0.3, 0.4) is 0 Å². The van der Waals surface area contributed by atoms with Crippen LogP contribution < -0.4 is 5.32 Å². The van der Waals surface area contributed by atoms with Crippen molar-refractivity contribution in [2.45, 2.75) is 19.2 Å². The molecule has 0 aromatic rings. The maximum Gasteiger partial charge on any atom is 0.0735 e. The molecule has 1 atom stereocenters. The van der Waals surface area contributed by atoms with Gasteiger partial charge in [-0.1, -0.05) is 0 Å². The molecule has 1 N–H and O–H groups in total. The van der Waals surface area contributed by atoms with E-state index in [1.165, 1.54) is 10.6 Å². The lowest BCUT2D eigenvalue weighted by Crippen LogP contribution is -2.14. The fraction of sp³-hybridized carbons (Fsp3) is 0.667. The van der Waals surface area contributed by atoms with E-state index >= 15 is 0 Å². The van der Waals surface area contributed by atoms with Gasteiger partial charge in [-0.05, 0) is 13.8 Å². The van der Waals surface area contributed by atoms with Crippen molar-refractivity contribution in [3.63, 3.8) is 0 Å². The molecule has 3 heteroatoms. The Hall–Kier alpha value is 0.180. The van der Waals surface area contributed by atoms with Crippen molar-refractivity contribution < 1.29 is 0 Å². The summed E-state index contributed by atoms with van der Waals surface area (Å²) in [5.41, 5.74) is 1.24. The third kappa shape index (κ3) is 1.55. The number of halogens is 1. The van der Waals surface area contributed by atoms with Gasteiger partial charge in [0.25, 0.3) is 0 Å². The lowest BCUT2D eigenvalue weighted by molar-refractivity contribution is 0.819. The van der Waals surface area contributed by atoms with E-state index in [0.717, 1.165) is 0 Å². The summed E-state index contributed by atoms with van der Waals surface area (Å²) in [5, 5.41) is 3.79. The van der Waals surface area contributed by atoms with Crippen LogP contribution in [0, 0.1) is 0 Å². The molecular weight excluding hydrogens is 154 g/mol. The SMILES string of the molecule is CC1=C(CCl)SC(C)N1. The van der Waals surface area contributed by atoms with Crippen LogP contribution in [0.5, 0.6) is 0 Å². The normalized spacial score (nSPS) is 26.8. The summed E-state index contributed by atoms with van der Waals surface area (Å²) in [5.74, 6) is 0.647. The van der Waals surface area contributed by atoms with Crippen molar-refractivity contribution in [1.82, 2.24) is 5.32 Å². The molecule has 1 aliphatic heterocycles. The first kappa shape index (κ1) is 7.29. The van der Waals surface area contributed by atoms with Crippen molar-refractivity contribution in [1.29, 1.82) is 0 Å². The minimum absolute atomic E-state index is 0.513. The second-order valence-corrected chi connectivity index (χ2v) is 3.79. The molecule has 0 fully saturated rings. The number of hydrogen-bond acceptors (Lipinski definition) is 2. The van der Waals surface area contributed by atoms with Gasteiger partial charge in [-0.2, -0.15) is 0 Å². The summed E-state index contributed by atoms with van der Waals surface area (Å²) in [4.78, 5) is 1.28. The standard InChI is InChI=1S/C6H10ClNS/c1-4-6(3-7)9-5(2)8-4/h5,8H,3H2,1-2H3. The Morgan fingerprint density at radius 3 is 2.67 bits per heavy atom. The number of alkyl halides is 1. The molecule has 1 aliphatic rings. The van der Waals surface area contributed by atoms with Crippen LogP contribution in [-0.2, 0) is 0 Å². The second-order valence-electron chi connectivity index (χ2n) is 2.09. The molecule has 1 nitrogen and oxygen atoms in total. The van der Waals surface area contributed by atoms with Gasteiger partial charge < -0.3 is 5.32 Å². The molecule has 0 bridgehead atoms. The fourth-order valence-corrected chi connectivity index (χ4v) is 2.20. The minimum Gasteiger partial charge on any atom is -0.376 e. The van der Waals surface area contributed by atoms with E-state index in [9.17, 15) is 0 Å². The largest absolute Gasteiger partial charge is 0.376 e. The van der Waals surface area contributed by atoms with E-state index in [-0.39, 0.29) is 0 Å². The second kappa shape index (κ2) is 2.84. The van der Waals surface area contributed by atoms with Crippen LogP contribution in [0.15, 0.2) is 10.6 Å². The monoisotopic (exact) mass is 163 g/mol. The third-order valence-electron chi connectivity index (χ3n) is 1.28. The molecule has 0 saturated heterocycles.